The van der Waals surface area contributed by atoms with Gasteiger partial charge in [-0.05, 0) is 20.3 Å². The molecule has 0 aromatic heterocycles. The number of hydrogen-bond acceptors (Lipinski definition) is 5. The standard InChI is InChI=1S/C20H24O5/c1-4-7-13-25-20(22)17-15-12-10-8-9-11-14(15)16(18(17)23-5-2)19(21)24-6-3/h8-12H,4-7,13H2,1-3H3. The van der Waals surface area contributed by atoms with Crippen LogP contribution in [0, 0.1) is 0 Å². The Morgan fingerprint density at radius 3 is 1.96 bits per heavy atom. The number of hydrogen-bond donors (Lipinski definition) is 0. The topological polar surface area (TPSA) is 61.8 Å². The van der Waals surface area contributed by atoms with Gasteiger partial charge in [0.05, 0.1) is 19.8 Å². The number of carbonyl (C=O) groups is 2. The van der Waals surface area contributed by atoms with Crippen LogP contribution in [-0.2, 0) is 9.47 Å². The molecule has 2 rings (SSSR count). The van der Waals surface area contributed by atoms with Crippen LogP contribution in [0.3, 0.4) is 0 Å². The summed E-state index contributed by atoms with van der Waals surface area (Å²) in [6.45, 7) is 6.47. The van der Waals surface area contributed by atoms with Gasteiger partial charge in [0.15, 0.2) is 0 Å². The molecule has 0 aliphatic heterocycles. The molecule has 0 aromatic rings. The lowest BCUT2D eigenvalue weighted by atomic mass is 10.1. The first kappa shape index (κ1) is 18.8. The van der Waals surface area contributed by atoms with Crippen molar-refractivity contribution in [2.45, 2.75) is 33.6 Å². The lowest BCUT2D eigenvalue weighted by Crippen LogP contribution is -2.10. The second-order valence-corrected chi connectivity index (χ2v) is 5.46. The van der Waals surface area contributed by atoms with Gasteiger partial charge in [0.2, 0.25) is 0 Å². The predicted octanol–water partition coefficient (Wildman–Crippen LogP) is 4.32. The van der Waals surface area contributed by atoms with Crippen LogP contribution in [0.4, 0.5) is 0 Å². The van der Waals surface area contributed by atoms with Gasteiger partial charge in [-0.3, -0.25) is 0 Å². The summed E-state index contributed by atoms with van der Waals surface area (Å²) in [7, 11) is 0. The fourth-order valence-electron chi connectivity index (χ4n) is 2.63. The highest BCUT2D eigenvalue weighted by atomic mass is 16.5. The molecule has 0 saturated carbocycles. The van der Waals surface area contributed by atoms with E-state index in [-0.39, 0.29) is 23.5 Å². The average molecular weight is 344 g/mol. The van der Waals surface area contributed by atoms with E-state index in [0.717, 1.165) is 12.8 Å². The van der Waals surface area contributed by atoms with E-state index in [2.05, 4.69) is 0 Å². The van der Waals surface area contributed by atoms with Crippen LogP contribution in [0.15, 0.2) is 30.3 Å². The molecule has 0 bridgehead atoms. The van der Waals surface area contributed by atoms with Gasteiger partial charge >= 0.3 is 11.9 Å². The highest BCUT2D eigenvalue weighted by Crippen LogP contribution is 2.42. The van der Waals surface area contributed by atoms with Gasteiger partial charge in [0.1, 0.15) is 16.9 Å². The third-order valence-electron chi connectivity index (χ3n) is 3.73. The van der Waals surface area contributed by atoms with Gasteiger partial charge in [-0.15, -0.1) is 0 Å². The van der Waals surface area contributed by atoms with Crippen molar-refractivity contribution in [3.8, 4) is 16.9 Å². The van der Waals surface area contributed by atoms with Crippen LogP contribution >= 0.6 is 0 Å². The molecular weight excluding hydrogens is 320 g/mol. The first-order chi connectivity index (χ1) is 12.2. The molecule has 0 atom stereocenters. The molecule has 25 heavy (non-hydrogen) atoms. The first-order valence-corrected chi connectivity index (χ1v) is 8.67. The Morgan fingerprint density at radius 2 is 1.44 bits per heavy atom. The zero-order chi connectivity index (χ0) is 18.2. The number of fused-ring (bicyclic) bond motifs is 1. The number of carbonyl (C=O) groups excluding carboxylic acids is 2. The van der Waals surface area contributed by atoms with Crippen LogP contribution in [0.25, 0.3) is 11.1 Å². The summed E-state index contributed by atoms with van der Waals surface area (Å²) in [6.07, 6.45) is 1.71. The predicted molar refractivity (Wildman–Crippen MR) is 95.4 cm³/mol. The number of rotatable bonds is 8. The zero-order valence-corrected chi connectivity index (χ0v) is 15.0. The maximum atomic E-state index is 12.7. The Kier molecular flexibility index (Phi) is 6.81. The third kappa shape index (κ3) is 4.10. The van der Waals surface area contributed by atoms with Crippen molar-refractivity contribution < 1.29 is 23.8 Å². The third-order valence-corrected chi connectivity index (χ3v) is 3.73. The largest absolute Gasteiger partial charge is 0.492 e. The Labute approximate surface area is 148 Å². The zero-order valence-electron chi connectivity index (χ0n) is 15.0. The Bertz CT molecular complexity index is 707. The second kappa shape index (κ2) is 9.06. The second-order valence-electron chi connectivity index (χ2n) is 5.46. The Balaban J connectivity index is 2.60. The molecule has 2 aliphatic carbocycles. The SMILES string of the molecule is CCCCOC(=O)c1c2cccccc-2c(C(=O)OCC)c1OCC. The summed E-state index contributed by atoms with van der Waals surface area (Å²) < 4.78 is 16.2. The van der Waals surface area contributed by atoms with Crippen molar-refractivity contribution in [3.63, 3.8) is 0 Å². The summed E-state index contributed by atoms with van der Waals surface area (Å²) in [4.78, 5) is 25.2. The van der Waals surface area contributed by atoms with E-state index in [1.54, 1.807) is 26.0 Å². The normalized spacial score (nSPS) is 10.5. The Morgan fingerprint density at radius 1 is 0.840 bits per heavy atom. The lowest BCUT2D eigenvalue weighted by molar-refractivity contribution is 0.0497. The molecule has 0 N–H and O–H groups in total. The van der Waals surface area contributed by atoms with Gasteiger partial charge in [-0.1, -0.05) is 43.7 Å². The first-order valence-electron chi connectivity index (χ1n) is 8.67. The van der Waals surface area contributed by atoms with Crippen LogP contribution in [0.5, 0.6) is 5.75 Å². The fraction of sp³-hybridized carbons (Fsp3) is 0.400. The summed E-state index contributed by atoms with van der Waals surface area (Å²) >= 11 is 0. The summed E-state index contributed by atoms with van der Waals surface area (Å²) in [6, 6.07) is 9.04. The van der Waals surface area contributed by atoms with Crippen molar-refractivity contribution in [3.05, 3.63) is 41.5 Å². The molecule has 0 radical (unpaired) electrons. The van der Waals surface area contributed by atoms with E-state index in [1.807, 2.05) is 25.1 Å². The van der Waals surface area contributed by atoms with Crippen molar-refractivity contribution in [1.29, 1.82) is 0 Å². The van der Waals surface area contributed by atoms with Crippen LogP contribution in [-0.4, -0.2) is 31.8 Å². The minimum atomic E-state index is -0.505. The van der Waals surface area contributed by atoms with E-state index >= 15 is 0 Å². The number of esters is 2. The monoisotopic (exact) mass is 344 g/mol. The molecule has 2 aliphatic rings. The lowest BCUT2D eigenvalue weighted by Gasteiger charge is -2.09. The van der Waals surface area contributed by atoms with Crippen molar-refractivity contribution in [2.24, 2.45) is 0 Å². The van der Waals surface area contributed by atoms with Crippen LogP contribution < -0.4 is 4.74 Å². The van der Waals surface area contributed by atoms with Gasteiger partial charge in [-0.2, -0.15) is 0 Å². The highest BCUT2D eigenvalue weighted by Gasteiger charge is 2.33. The van der Waals surface area contributed by atoms with Crippen LogP contribution in [0.2, 0.25) is 0 Å². The van der Waals surface area contributed by atoms with E-state index < -0.39 is 11.9 Å². The quantitative estimate of drug-likeness (QED) is 0.527. The van der Waals surface area contributed by atoms with E-state index in [9.17, 15) is 9.59 Å². The maximum Gasteiger partial charge on any atom is 0.342 e. The number of ether oxygens (including phenoxy) is 3. The molecule has 0 fully saturated rings. The molecule has 0 spiro atoms. The fourth-order valence-corrected chi connectivity index (χ4v) is 2.63. The minimum Gasteiger partial charge on any atom is -0.492 e. The summed E-state index contributed by atoms with van der Waals surface area (Å²) in [5.74, 6) is -0.748. The molecular formula is C20H24O5. The van der Waals surface area contributed by atoms with E-state index in [1.165, 1.54) is 0 Å². The summed E-state index contributed by atoms with van der Waals surface area (Å²) in [5.41, 5.74) is 1.80. The Hall–Kier alpha value is -2.56. The molecule has 5 nitrogen and oxygen atoms in total. The van der Waals surface area contributed by atoms with E-state index in [0.29, 0.717) is 24.3 Å². The maximum absolute atomic E-state index is 12.7. The molecule has 0 heterocycles. The molecule has 0 amide bonds. The van der Waals surface area contributed by atoms with Crippen molar-refractivity contribution >= 4 is 11.9 Å². The van der Waals surface area contributed by atoms with Gasteiger partial charge < -0.3 is 14.2 Å². The molecule has 0 aromatic carbocycles. The van der Waals surface area contributed by atoms with Crippen LogP contribution in [0.1, 0.15) is 54.3 Å². The van der Waals surface area contributed by atoms with Crippen molar-refractivity contribution in [1.82, 2.24) is 0 Å². The van der Waals surface area contributed by atoms with E-state index in [4.69, 9.17) is 14.2 Å². The van der Waals surface area contributed by atoms with Crippen molar-refractivity contribution in [2.75, 3.05) is 19.8 Å². The minimum absolute atomic E-state index is 0.239. The molecule has 134 valence electrons. The highest BCUT2D eigenvalue weighted by molar-refractivity contribution is 6.12. The molecule has 5 heteroatoms. The smallest absolute Gasteiger partial charge is 0.342 e. The van der Waals surface area contributed by atoms with Gasteiger partial charge in [0, 0.05) is 11.1 Å². The summed E-state index contributed by atoms with van der Waals surface area (Å²) in [5, 5.41) is 0. The molecule has 0 unspecified atom stereocenters. The number of unbranched alkanes of at least 4 members (excludes halogenated alkanes) is 1. The van der Waals surface area contributed by atoms with Gasteiger partial charge in [0.25, 0.3) is 0 Å². The average Bonchev–Trinajstić information content (AvgIpc) is 2.72. The molecule has 0 saturated heterocycles. The van der Waals surface area contributed by atoms with Gasteiger partial charge in [-0.25, -0.2) is 9.59 Å².